The summed E-state index contributed by atoms with van der Waals surface area (Å²) >= 11 is 0. The molecule has 1 aromatic heterocycles. The lowest BCUT2D eigenvalue weighted by molar-refractivity contribution is -0.141. The molecule has 2 aromatic rings. The van der Waals surface area contributed by atoms with Crippen LogP contribution in [0.5, 0.6) is 5.75 Å². The number of aliphatic carboxylic acids is 1. The van der Waals surface area contributed by atoms with E-state index in [2.05, 4.69) is 10.4 Å². The third kappa shape index (κ3) is 4.63. The summed E-state index contributed by atoms with van der Waals surface area (Å²) in [6.45, 7) is 0. The zero-order valence-electron chi connectivity index (χ0n) is 20.0. The zero-order valence-corrected chi connectivity index (χ0v) is 20.0. The second-order valence-electron chi connectivity index (χ2n) is 10.4. The summed E-state index contributed by atoms with van der Waals surface area (Å²) in [6, 6.07) is 5.85. The van der Waals surface area contributed by atoms with E-state index in [1.807, 2.05) is 0 Å². The number of rotatable bonds is 7. The van der Waals surface area contributed by atoms with Gasteiger partial charge in [-0.25, -0.2) is 14.3 Å². The summed E-state index contributed by atoms with van der Waals surface area (Å²) in [5.41, 5.74) is 0.994. The molecule has 0 radical (unpaired) electrons. The minimum atomic E-state index is -1.12. The van der Waals surface area contributed by atoms with Gasteiger partial charge in [-0.05, 0) is 67.4 Å². The van der Waals surface area contributed by atoms with E-state index in [0.717, 1.165) is 19.3 Å². The van der Waals surface area contributed by atoms with Crippen molar-refractivity contribution in [3.05, 3.63) is 46.4 Å². The van der Waals surface area contributed by atoms with Gasteiger partial charge in [-0.3, -0.25) is 4.79 Å². The number of aromatic nitrogens is 2. The van der Waals surface area contributed by atoms with E-state index in [0.29, 0.717) is 40.2 Å². The van der Waals surface area contributed by atoms with Crippen LogP contribution in [-0.4, -0.2) is 45.7 Å². The van der Waals surface area contributed by atoms with E-state index < -0.39 is 23.7 Å². The van der Waals surface area contributed by atoms with Crippen LogP contribution in [0.25, 0.3) is 11.1 Å². The summed E-state index contributed by atoms with van der Waals surface area (Å²) in [5.74, 6) is 1.11. The van der Waals surface area contributed by atoms with Crippen molar-refractivity contribution in [3.8, 4) is 16.9 Å². The first-order chi connectivity index (χ1) is 16.7. The molecule has 0 unspecified atom stereocenters. The van der Waals surface area contributed by atoms with Gasteiger partial charge in [0.05, 0.1) is 18.9 Å². The highest BCUT2D eigenvalue weighted by Crippen LogP contribution is 2.57. The molecule has 4 aliphatic rings. The highest BCUT2D eigenvalue weighted by Gasteiger charge is 2.53. The molecular weight excluding hydrogens is 450 g/mol. The number of carboxylic acid groups (broad SMARTS) is 1. The Bertz CT molecular complexity index is 1150. The summed E-state index contributed by atoms with van der Waals surface area (Å²) in [4.78, 5) is 37.2. The number of hydrogen-bond acceptors (Lipinski definition) is 6. The first-order valence-electron chi connectivity index (χ1n) is 12.2. The van der Waals surface area contributed by atoms with Crippen LogP contribution in [0.15, 0.2) is 35.3 Å². The predicted molar refractivity (Wildman–Crippen MR) is 127 cm³/mol. The lowest BCUT2D eigenvalue weighted by Gasteiger charge is -2.55. The van der Waals surface area contributed by atoms with Gasteiger partial charge in [0.1, 0.15) is 11.6 Å². The minimum Gasteiger partial charge on any atom is -0.494 e. The number of alkyl carbamates (subject to hydrolysis) is 1. The molecule has 35 heavy (non-hydrogen) atoms. The molecule has 1 atom stereocenters. The van der Waals surface area contributed by atoms with Crippen molar-refractivity contribution in [3.63, 3.8) is 0 Å². The van der Waals surface area contributed by atoms with Crippen molar-refractivity contribution in [2.24, 2.45) is 24.8 Å². The number of methoxy groups -OCH3 is 1. The number of benzene rings is 1. The van der Waals surface area contributed by atoms with Crippen LogP contribution in [0.2, 0.25) is 0 Å². The minimum absolute atomic E-state index is 0.0943. The number of carbonyl (C=O) groups is 2. The maximum absolute atomic E-state index is 12.8. The predicted octanol–water partition coefficient (Wildman–Crippen LogP) is 3.15. The summed E-state index contributed by atoms with van der Waals surface area (Å²) < 4.78 is 12.4. The molecule has 1 amide bonds. The maximum Gasteiger partial charge on any atom is 0.408 e. The van der Waals surface area contributed by atoms with Gasteiger partial charge in [0.25, 0.3) is 5.56 Å². The van der Waals surface area contributed by atoms with Gasteiger partial charge >= 0.3 is 12.1 Å². The van der Waals surface area contributed by atoms with Crippen LogP contribution in [0.4, 0.5) is 4.79 Å². The normalized spacial score (nSPS) is 27.3. The van der Waals surface area contributed by atoms with E-state index in [1.54, 1.807) is 31.3 Å². The quantitative estimate of drug-likeness (QED) is 0.623. The number of carbonyl (C=O) groups excluding carboxylic acids is 1. The summed E-state index contributed by atoms with van der Waals surface area (Å²) in [7, 11) is 3.03. The average Bonchev–Trinajstić information content (AvgIpc) is 2.79. The molecule has 186 valence electrons. The van der Waals surface area contributed by atoms with Crippen LogP contribution >= 0.6 is 0 Å². The van der Waals surface area contributed by atoms with E-state index in [4.69, 9.17) is 9.47 Å². The zero-order chi connectivity index (χ0) is 24.7. The van der Waals surface area contributed by atoms with Crippen molar-refractivity contribution in [1.82, 2.24) is 15.1 Å². The largest absolute Gasteiger partial charge is 0.494 e. The molecule has 9 heteroatoms. The van der Waals surface area contributed by atoms with Gasteiger partial charge in [0.2, 0.25) is 0 Å². The first kappa shape index (κ1) is 23.4. The monoisotopic (exact) mass is 481 g/mol. The second kappa shape index (κ2) is 9.02. The third-order valence-corrected chi connectivity index (χ3v) is 7.89. The molecule has 6 rings (SSSR count). The molecular formula is C26H31N3O6. The summed E-state index contributed by atoms with van der Waals surface area (Å²) in [5, 5.41) is 16.3. The lowest BCUT2D eigenvalue weighted by atomic mass is 9.54. The molecule has 4 bridgehead atoms. The number of amides is 1. The number of hydrogen-bond donors (Lipinski definition) is 2. The maximum atomic E-state index is 12.8. The Kier molecular flexibility index (Phi) is 6.02. The van der Waals surface area contributed by atoms with Gasteiger partial charge in [-0.1, -0.05) is 24.3 Å². The Morgan fingerprint density at radius 2 is 1.74 bits per heavy atom. The number of ether oxygens (including phenoxy) is 2. The number of carboxylic acids is 1. The molecule has 1 heterocycles. The number of aryl methyl sites for hydroxylation is 1. The smallest absolute Gasteiger partial charge is 0.408 e. The van der Waals surface area contributed by atoms with Crippen LogP contribution in [0.1, 0.15) is 44.1 Å². The van der Waals surface area contributed by atoms with Gasteiger partial charge in [-0.2, -0.15) is 5.10 Å². The molecule has 2 N–H and O–H groups in total. The fraction of sp³-hybridized carbons (Fsp3) is 0.538. The fourth-order valence-corrected chi connectivity index (χ4v) is 6.71. The topological polar surface area (TPSA) is 120 Å². The van der Waals surface area contributed by atoms with Gasteiger partial charge in [0.15, 0.2) is 5.75 Å². The Balaban J connectivity index is 1.26. The molecule has 0 saturated heterocycles. The Morgan fingerprint density at radius 3 is 2.29 bits per heavy atom. The van der Waals surface area contributed by atoms with Crippen molar-refractivity contribution < 1.29 is 24.2 Å². The lowest BCUT2D eigenvalue weighted by Crippen LogP contribution is -2.55. The van der Waals surface area contributed by atoms with E-state index in [-0.39, 0.29) is 12.0 Å². The van der Waals surface area contributed by atoms with E-state index >= 15 is 0 Å². The van der Waals surface area contributed by atoms with E-state index in [1.165, 1.54) is 37.3 Å². The van der Waals surface area contributed by atoms with Crippen LogP contribution in [0, 0.1) is 17.8 Å². The molecule has 0 aliphatic heterocycles. The van der Waals surface area contributed by atoms with Gasteiger partial charge in [0, 0.05) is 13.5 Å². The Morgan fingerprint density at radius 1 is 1.14 bits per heavy atom. The first-order valence-corrected chi connectivity index (χ1v) is 12.2. The Hall–Kier alpha value is -3.36. The second-order valence-corrected chi connectivity index (χ2v) is 10.4. The highest BCUT2D eigenvalue weighted by molar-refractivity contribution is 5.80. The van der Waals surface area contributed by atoms with Gasteiger partial charge in [-0.15, -0.1) is 0 Å². The molecule has 4 saturated carbocycles. The van der Waals surface area contributed by atoms with Crippen molar-refractivity contribution in [2.45, 2.75) is 56.6 Å². The van der Waals surface area contributed by atoms with Crippen LogP contribution in [-0.2, 0) is 23.0 Å². The highest BCUT2D eigenvalue weighted by atomic mass is 16.6. The van der Waals surface area contributed by atoms with Crippen molar-refractivity contribution >= 4 is 12.1 Å². The SMILES string of the molecule is COc1cnn(C)c(=O)c1-c1ccc(C[C@H](NC(=O)OC23CC4CC(CC(C4)C2)C3)C(=O)O)cc1. The molecule has 0 spiro atoms. The fourth-order valence-electron chi connectivity index (χ4n) is 6.71. The molecule has 9 nitrogen and oxygen atoms in total. The van der Waals surface area contributed by atoms with Crippen LogP contribution < -0.4 is 15.6 Å². The van der Waals surface area contributed by atoms with Crippen LogP contribution in [0.3, 0.4) is 0 Å². The van der Waals surface area contributed by atoms with Gasteiger partial charge < -0.3 is 19.9 Å². The van der Waals surface area contributed by atoms with Crippen molar-refractivity contribution in [2.75, 3.05) is 7.11 Å². The van der Waals surface area contributed by atoms with Crippen molar-refractivity contribution in [1.29, 1.82) is 0 Å². The number of nitrogens with one attached hydrogen (secondary N) is 1. The number of nitrogens with zero attached hydrogens (tertiary/aromatic N) is 2. The standard InChI is InChI=1S/C26H31N3O6/c1-29-23(30)22(21(34-2)14-27-29)19-5-3-15(4-6-19)10-20(24(31)32)28-25(33)35-26-11-16-7-17(12-26)9-18(8-16)13-26/h3-6,14,16-18,20H,7-13H2,1-2H3,(H,28,33)(H,31,32)/t16?,17?,18?,20-,26?/m0/s1. The molecule has 4 aliphatic carbocycles. The summed E-state index contributed by atoms with van der Waals surface area (Å²) in [6.07, 6.45) is 7.29. The third-order valence-electron chi connectivity index (χ3n) is 7.89. The molecule has 4 fully saturated rings. The molecule has 1 aromatic carbocycles. The van der Waals surface area contributed by atoms with E-state index in [9.17, 15) is 19.5 Å². The average molecular weight is 482 g/mol. The Labute approximate surface area is 203 Å².